The molecular weight excluding hydrogens is 362 g/mol. The molecule has 0 aliphatic heterocycles. The van der Waals surface area contributed by atoms with Gasteiger partial charge in [-0.15, -0.1) is 12.3 Å². The maximum Gasteiger partial charge on any atom is 0.279 e. The monoisotopic (exact) mass is 388 g/mol. The van der Waals surface area contributed by atoms with E-state index < -0.39 is 12.1 Å². The van der Waals surface area contributed by atoms with E-state index >= 15 is 0 Å². The highest BCUT2D eigenvalue weighted by Gasteiger charge is 2.26. The van der Waals surface area contributed by atoms with Gasteiger partial charge < -0.3 is 16.0 Å². The number of carbonyl (C=O) groups is 2. The summed E-state index contributed by atoms with van der Waals surface area (Å²) in [5.41, 5.74) is 6.97. The predicted molar refractivity (Wildman–Crippen MR) is 114 cm³/mol. The lowest BCUT2D eigenvalue weighted by Crippen LogP contribution is -2.69. The number of para-hydroxylation sites is 1. The number of Topliss-reactive ketones (excluding diaryl/α,β-unsaturated/α-hetero) is 1. The summed E-state index contributed by atoms with van der Waals surface area (Å²) in [5, 5.41) is 3.99. The van der Waals surface area contributed by atoms with Crippen LogP contribution in [0.1, 0.15) is 24.1 Å². The van der Waals surface area contributed by atoms with Gasteiger partial charge in [-0.3, -0.25) is 9.59 Å². The molecule has 1 aromatic heterocycles. The Hall–Kier alpha value is -3.36. The third-order valence-electron chi connectivity index (χ3n) is 4.93. The van der Waals surface area contributed by atoms with Crippen molar-refractivity contribution in [2.24, 2.45) is 0 Å². The molecule has 5 nitrogen and oxygen atoms in total. The second-order valence-corrected chi connectivity index (χ2v) is 7.20. The van der Waals surface area contributed by atoms with Crippen molar-refractivity contribution in [3.8, 4) is 12.3 Å². The Kier molecular flexibility index (Phi) is 6.83. The van der Waals surface area contributed by atoms with Crippen molar-refractivity contribution < 1.29 is 15.3 Å². The Morgan fingerprint density at radius 2 is 1.79 bits per heavy atom. The predicted octanol–water partition coefficient (Wildman–Crippen LogP) is 2.03. The van der Waals surface area contributed by atoms with Crippen LogP contribution < -0.4 is 11.1 Å². The molecule has 2 atom stereocenters. The van der Waals surface area contributed by atoms with E-state index in [4.69, 9.17) is 6.42 Å². The highest BCUT2D eigenvalue weighted by atomic mass is 16.2. The second kappa shape index (κ2) is 9.72. The number of aromatic nitrogens is 1. The van der Waals surface area contributed by atoms with Gasteiger partial charge in [-0.2, -0.15) is 0 Å². The number of hydrogen-bond donors (Lipinski definition) is 3. The zero-order valence-corrected chi connectivity index (χ0v) is 16.4. The number of quaternary nitrogens is 1. The van der Waals surface area contributed by atoms with Gasteiger partial charge in [0.15, 0.2) is 11.8 Å². The van der Waals surface area contributed by atoms with E-state index in [9.17, 15) is 9.59 Å². The normalized spacial score (nSPS) is 12.8. The molecule has 0 unspecified atom stereocenters. The molecule has 5 heteroatoms. The van der Waals surface area contributed by atoms with Crippen LogP contribution in [0.2, 0.25) is 0 Å². The molecule has 0 aliphatic carbocycles. The Morgan fingerprint density at radius 3 is 2.52 bits per heavy atom. The minimum Gasteiger partial charge on any atom is -0.358 e. The molecule has 0 bridgehead atoms. The molecule has 29 heavy (non-hydrogen) atoms. The number of amides is 1. The van der Waals surface area contributed by atoms with Crippen LogP contribution in [0.15, 0.2) is 60.7 Å². The van der Waals surface area contributed by atoms with Gasteiger partial charge >= 0.3 is 0 Å². The molecule has 3 rings (SSSR count). The average Bonchev–Trinajstić information content (AvgIpc) is 3.14. The zero-order chi connectivity index (χ0) is 20.6. The summed E-state index contributed by atoms with van der Waals surface area (Å²) in [6, 6.07) is 18.5. The number of fused-ring (bicyclic) bond motifs is 1. The first kappa shape index (κ1) is 20.4. The Labute approximate surface area is 170 Å². The van der Waals surface area contributed by atoms with Crippen molar-refractivity contribution in [3.63, 3.8) is 0 Å². The quantitative estimate of drug-likeness (QED) is 0.490. The van der Waals surface area contributed by atoms with Gasteiger partial charge in [-0.25, -0.2) is 0 Å². The van der Waals surface area contributed by atoms with Crippen molar-refractivity contribution in [2.75, 3.05) is 0 Å². The van der Waals surface area contributed by atoms with Crippen LogP contribution in [0, 0.1) is 12.3 Å². The molecule has 1 amide bonds. The van der Waals surface area contributed by atoms with Gasteiger partial charge in [-0.05, 0) is 29.5 Å². The van der Waals surface area contributed by atoms with Crippen molar-refractivity contribution in [2.45, 2.75) is 37.8 Å². The van der Waals surface area contributed by atoms with E-state index in [1.807, 2.05) is 60.7 Å². The summed E-state index contributed by atoms with van der Waals surface area (Å²) in [4.78, 5) is 28.7. The second-order valence-electron chi connectivity index (χ2n) is 7.20. The highest BCUT2D eigenvalue weighted by molar-refractivity contribution is 5.91. The number of terminal acetylenes is 1. The minimum absolute atomic E-state index is 0.0574. The molecule has 0 fully saturated rings. The first-order valence-electron chi connectivity index (χ1n) is 9.77. The van der Waals surface area contributed by atoms with Gasteiger partial charge in [-0.1, -0.05) is 48.5 Å². The van der Waals surface area contributed by atoms with Gasteiger partial charge in [0.1, 0.15) is 0 Å². The molecule has 0 radical (unpaired) electrons. The number of ketones is 1. The number of carbonyl (C=O) groups excluding carboxylic acids is 2. The lowest BCUT2D eigenvalue weighted by atomic mass is 9.99. The van der Waals surface area contributed by atoms with E-state index in [1.54, 1.807) is 0 Å². The van der Waals surface area contributed by atoms with Crippen molar-refractivity contribution in [1.29, 1.82) is 0 Å². The Morgan fingerprint density at radius 1 is 1.07 bits per heavy atom. The summed E-state index contributed by atoms with van der Waals surface area (Å²) in [5.74, 6) is 2.19. The van der Waals surface area contributed by atoms with Gasteiger partial charge in [0.25, 0.3) is 5.91 Å². The largest absolute Gasteiger partial charge is 0.358 e. The SMILES string of the molecule is C#CCCC(=O)[C@H](Cc1ccccc1)NC(=O)[C@@H]([NH3+])Cc1cc2ccccc2[nH]1. The molecule has 0 saturated carbocycles. The maximum atomic E-state index is 12.8. The van der Waals surface area contributed by atoms with Crippen molar-refractivity contribution >= 4 is 22.6 Å². The smallest absolute Gasteiger partial charge is 0.279 e. The number of H-pyrrole nitrogens is 1. The van der Waals surface area contributed by atoms with E-state index in [0.717, 1.165) is 22.2 Å². The van der Waals surface area contributed by atoms with Gasteiger partial charge in [0.05, 0.1) is 6.04 Å². The Balaban J connectivity index is 1.67. The molecule has 0 aliphatic rings. The van der Waals surface area contributed by atoms with Crippen LogP contribution in [0.5, 0.6) is 0 Å². The first-order chi connectivity index (χ1) is 14.1. The fraction of sp³-hybridized carbons (Fsp3) is 0.250. The van der Waals surface area contributed by atoms with Crippen LogP contribution in [0.4, 0.5) is 0 Å². The highest BCUT2D eigenvalue weighted by Crippen LogP contribution is 2.15. The van der Waals surface area contributed by atoms with Crippen LogP contribution in [0.25, 0.3) is 10.9 Å². The number of nitrogens with one attached hydrogen (secondary N) is 2. The van der Waals surface area contributed by atoms with Crippen LogP contribution in [0.3, 0.4) is 0 Å². The zero-order valence-electron chi connectivity index (χ0n) is 16.4. The number of aromatic amines is 1. The fourth-order valence-electron chi connectivity index (χ4n) is 3.36. The number of benzene rings is 2. The lowest BCUT2D eigenvalue weighted by Gasteiger charge is -2.19. The summed E-state index contributed by atoms with van der Waals surface area (Å²) in [6.07, 6.45) is 6.81. The topological polar surface area (TPSA) is 89.6 Å². The summed E-state index contributed by atoms with van der Waals surface area (Å²) >= 11 is 0. The fourth-order valence-corrected chi connectivity index (χ4v) is 3.36. The molecule has 2 aromatic carbocycles. The van der Waals surface area contributed by atoms with Crippen LogP contribution in [-0.4, -0.2) is 28.8 Å². The molecule has 0 saturated heterocycles. The molecule has 0 spiro atoms. The Bertz CT molecular complexity index is 984. The molecule has 1 heterocycles. The average molecular weight is 388 g/mol. The summed E-state index contributed by atoms with van der Waals surface area (Å²) in [7, 11) is 0. The molecular formula is C24H26N3O2+. The minimum atomic E-state index is -0.606. The lowest BCUT2D eigenvalue weighted by molar-refractivity contribution is -0.403. The van der Waals surface area contributed by atoms with Gasteiger partial charge in [0, 0.05) is 30.5 Å². The maximum absolute atomic E-state index is 12.8. The molecule has 3 aromatic rings. The molecule has 148 valence electrons. The first-order valence-corrected chi connectivity index (χ1v) is 9.77. The van der Waals surface area contributed by atoms with E-state index in [1.165, 1.54) is 0 Å². The summed E-state index contributed by atoms with van der Waals surface area (Å²) < 4.78 is 0. The van der Waals surface area contributed by atoms with E-state index in [0.29, 0.717) is 19.3 Å². The number of hydrogen-bond acceptors (Lipinski definition) is 2. The molecule has 5 N–H and O–H groups in total. The van der Waals surface area contributed by atoms with Crippen molar-refractivity contribution in [3.05, 3.63) is 71.9 Å². The number of rotatable bonds is 9. The van der Waals surface area contributed by atoms with Crippen molar-refractivity contribution in [1.82, 2.24) is 10.3 Å². The third-order valence-corrected chi connectivity index (χ3v) is 4.93. The summed E-state index contributed by atoms with van der Waals surface area (Å²) in [6.45, 7) is 0. The van der Waals surface area contributed by atoms with Crippen LogP contribution in [-0.2, 0) is 22.4 Å². The third kappa shape index (κ3) is 5.56. The van der Waals surface area contributed by atoms with Crippen LogP contribution >= 0.6 is 0 Å². The van der Waals surface area contributed by atoms with E-state index in [-0.39, 0.29) is 18.1 Å². The standard InChI is InChI=1S/C24H25N3O2/c1-2-3-13-23(28)22(14-17-9-5-4-6-10-17)27-24(29)20(25)16-19-15-18-11-7-8-12-21(18)26-19/h1,4-12,15,20,22,26H,3,13-14,16,25H2,(H,27,29)/p+1/t20-,22-/m0/s1. The van der Waals surface area contributed by atoms with Gasteiger partial charge in [0.2, 0.25) is 0 Å². The van der Waals surface area contributed by atoms with E-state index in [2.05, 4.69) is 22.0 Å².